The van der Waals surface area contributed by atoms with E-state index in [0.717, 1.165) is 5.69 Å². The highest BCUT2D eigenvalue weighted by molar-refractivity contribution is 5.96. The number of carboxylic acid groups (broad SMARTS) is 1. The van der Waals surface area contributed by atoms with Crippen molar-refractivity contribution in [1.82, 2.24) is 19.9 Å². The molecule has 0 radical (unpaired) electrons. The summed E-state index contributed by atoms with van der Waals surface area (Å²) in [7, 11) is 0. The average Bonchev–Trinajstić information content (AvgIpc) is 3.15. The van der Waals surface area contributed by atoms with Crippen LogP contribution >= 0.6 is 0 Å². The molecule has 1 aliphatic heterocycles. The number of likely N-dealkylation sites (tertiary alicyclic amines) is 1. The van der Waals surface area contributed by atoms with Crippen molar-refractivity contribution >= 4 is 11.9 Å². The van der Waals surface area contributed by atoms with Gasteiger partial charge in [-0.15, -0.1) is 5.10 Å². The Labute approximate surface area is 127 Å². The number of carboxylic acids is 1. The maximum absolute atomic E-state index is 12.6. The molecule has 1 atom stereocenters. The number of para-hydroxylation sites is 1. The van der Waals surface area contributed by atoms with E-state index in [1.165, 1.54) is 15.8 Å². The van der Waals surface area contributed by atoms with Crippen molar-refractivity contribution < 1.29 is 14.7 Å². The van der Waals surface area contributed by atoms with E-state index in [0.29, 0.717) is 19.4 Å². The van der Waals surface area contributed by atoms with Crippen LogP contribution in [-0.4, -0.2) is 49.0 Å². The summed E-state index contributed by atoms with van der Waals surface area (Å²) in [6, 6.07) is 9.30. The summed E-state index contributed by atoms with van der Waals surface area (Å²) >= 11 is 0. The monoisotopic (exact) mass is 300 g/mol. The fraction of sp³-hybridized carbons (Fsp3) is 0.333. The van der Waals surface area contributed by atoms with Crippen LogP contribution in [0, 0.1) is 0 Å². The van der Waals surface area contributed by atoms with E-state index in [9.17, 15) is 14.7 Å². The maximum Gasteiger partial charge on any atom is 0.329 e. The number of rotatable bonds is 3. The summed E-state index contributed by atoms with van der Waals surface area (Å²) in [4.78, 5) is 25.4. The molecule has 0 saturated carbocycles. The SMILES string of the molecule is CC1(C(=O)O)CCCN1C(=O)c1cn(-c2ccccc2)nn1. The van der Waals surface area contributed by atoms with Crippen LogP contribution in [0.25, 0.3) is 5.69 Å². The van der Waals surface area contributed by atoms with Crippen LogP contribution in [0.2, 0.25) is 0 Å². The number of amides is 1. The second-order valence-corrected chi connectivity index (χ2v) is 5.52. The third-order valence-electron chi connectivity index (χ3n) is 4.08. The topological polar surface area (TPSA) is 88.3 Å². The molecule has 2 aromatic rings. The first-order valence-corrected chi connectivity index (χ1v) is 7.05. The summed E-state index contributed by atoms with van der Waals surface area (Å²) in [6.07, 6.45) is 2.64. The molecule has 3 rings (SSSR count). The van der Waals surface area contributed by atoms with Crippen molar-refractivity contribution in [3.05, 3.63) is 42.2 Å². The highest BCUT2D eigenvalue weighted by Crippen LogP contribution is 2.30. The lowest BCUT2D eigenvalue weighted by molar-refractivity contribution is -0.147. The zero-order chi connectivity index (χ0) is 15.7. The van der Waals surface area contributed by atoms with Gasteiger partial charge >= 0.3 is 5.97 Å². The van der Waals surface area contributed by atoms with Crippen LogP contribution in [0.1, 0.15) is 30.3 Å². The van der Waals surface area contributed by atoms with Crippen molar-refractivity contribution in [2.24, 2.45) is 0 Å². The van der Waals surface area contributed by atoms with E-state index < -0.39 is 17.4 Å². The van der Waals surface area contributed by atoms with E-state index in [2.05, 4.69) is 10.3 Å². The van der Waals surface area contributed by atoms with Gasteiger partial charge in [0.25, 0.3) is 5.91 Å². The van der Waals surface area contributed by atoms with Gasteiger partial charge < -0.3 is 10.0 Å². The van der Waals surface area contributed by atoms with Gasteiger partial charge in [-0.25, -0.2) is 9.48 Å². The van der Waals surface area contributed by atoms with Gasteiger partial charge in [0.05, 0.1) is 11.9 Å². The number of hydrogen-bond acceptors (Lipinski definition) is 4. The molecule has 1 aliphatic rings. The first-order chi connectivity index (χ1) is 10.5. The van der Waals surface area contributed by atoms with Crippen molar-refractivity contribution in [3.8, 4) is 5.69 Å². The van der Waals surface area contributed by atoms with Crippen LogP contribution < -0.4 is 0 Å². The Bertz CT molecular complexity index is 713. The molecule has 1 N–H and O–H groups in total. The molecule has 22 heavy (non-hydrogen) atoms. The Balaban J connectivity index is 1.88. The summed E-state index contributed by atoms with van der Waals surface area (Å²) < 4.78 is 1.50. The number of aliphatic carboxylic acids is 1. The van der Waals surface area contributed by atoms with Crippen LogP contribution in [0.4, 0.5) is 0 Å². The Morgan fingerprint density at radius 2 is 2.00 bits per heavy atom. The molecular formula is C15H16N4O3. The number of benzene rings is 1. The van der Waals surface area contributed by atoms with Crippen molar-refractivity contribution in [3.63, 3.8) is 0 Å². The molecule has 7 heteroatoms. The number of carbonyl (C=O) groups excluding carboxylic acids is 1. The molecule has 1 unspecified atom stereocenters. The predicted molar refractivity (Wildman–Crippen MR) is 77.7 cm³/mol. The zero-order valence-corrected chi connectivity index (χ0v) is 12.1. The lowest BCUT2D eigenvalue weighted by Gasteiger charge is -2.30. The number of nitrogens with zero attached hydrogens (tertiary/aromatic N) is 4. The van der Waals surface area contributed by atoms with E-state index in [4.69, 9.17) is 0 Å². The Kier molecular flexibility index (Phi) is 3.40. The molecule has 114 valence electrons. The molecular weight excluding hydrogens is 284 g/mol. The molecule has 0 spiro atoms. The number of carbonyl (C=O) groups is 2. The van der Waals surface area contributed by atoms with Gasteiger partial charge in [-0.1, -0.05) is 23.4 Å². The predicted octanol–water partition coefficient (Wildman–Crippen LogP) is 1.35. The Hall–Kier alpha value is -2.70. The highest BCUT2D eigenvalue weighted by Gasteiger charge is 2.46. The maximum atomic E-state index is 12.6. The molecule has 0 bridgehead atoms. The second-order valence-electron chi connectivity index (χ2n) is 5.52. The van der Waals surface area contributed by atoms with Gasteiger partial charge in [0.15, 0.2) is 5.69 Å². The third-order valence-corrected chi connectivity index (χ3v) is 4.08. The molecule has 1 fully saturated rings. The molecule has 7 nitrogen and oxygen atoms in total. The highest BCUT2D eigenvalue weighted by atomic mass is 16.4. The average molecular weight is 300 g/mol. The number of hydrogen-bond donors (Lipinski definition) is 1. The molecule has 1 aromatic heterocycles. The van der Waals surface area contributed by atoms with Crippen molar-refractivity contribution in [1.29, 1.82) is 0 Å². The lowest BCUT2D eigenvalue weighted by atomic mass is 9.99. The van der Waals surface area contributed by atoms with Crippen LogP contribution in [0.3, 0.4) is 0 Å². The molecule has 1 amide bonds. The largest absolute Gasteiger partial charge is 0.480 e. The van der Waals surface area contributed by atoms with Crippen LogP contribution in [0.5, 0.6) is 0 Å². The minimum absolute atomic E-state index is 0.151. The van der Waals surface area contributed by atoms with Crippen LogP contribution in [-0.2, 0) is 4.79 Å². The molecule has 1 saturated heterocycles. The smallest absolute Gasteiger partial charge is 0.329 e. The van der Waals surface area contributed by atoms with Gasteiger partial charge in [0, 0.05) is 6.54 Å². The molecule has 0 aliphatic carbocycles. The van der Waals surface area contributed by atoms with E-state index >= 15 is 0 Å². The minimum atomic E-state index is -1.17. The quantitative estimate of drug-likeness (QED) is 0.924. The Morgan fingerprint density at radius 1 is 1.27 bits per heavy atom. The van der Waals surface area contributed by atoms with Gasteiger partial charge in [-0.3, -0.25) is 4.79 Å². The first kappa shape index (κ1) is 14.2. The molecule has 1 aromatic carbocycles. The summed E-state index contributed by atoms with van der Waals surface area (Å²) in [5, 5.41) is 17.2. The van der Waals surface area contributed by atoms with E-state index in [1.807, 2.05) is 30.3 Å². The third kappa shape index (κ3) is 2.24. The minimum Gasteiger partial charge on any atom is -0.480 e. The van der Waals surface area contributed by atoms with Crippen molar-refractivity contribution in [2.45, 2.75) is 25.3 Å². The normalized spacial score (nSPS) is 21.0. The zero-order valence-electron chi connectivity index (χ0n) is 12.1. The number of aromatic nitrogens is 3. The fourth-order valence-electron chi connectivity index (χ4n) is 2.72. The standard InChI is InChI=1S/C15H16N4O3/c1-15(14(21)22)8-5-9-18(15)13(20)12-10-19(17-16-12)11-6-3-2-4-7-11/h2-4,6-7,10H,5,8-9H2,1H3,(H,21,22). The van der Waals surface area contributed by atoms with Gasteiger partial charge in [-0.05, 0) is 31.9 Å². The van der Waals surface area contributed by atoms with E-state index in [1.54, 1.807) is 6.92 Å². The van der Waals surface area contributed by atoms with Gasteiger partial charge in [0.1, 0.15) is 5.54 Å². The summed E-state index contributed by atoms with van der Waals surface area (Å²) in [6.45, 7) is 1.99. The van der Waals surface area contributed by atoms with Crippen LogP contribution in [0.15, 0.2) is 36.5 Å². The fourth-order valence-corrected chi connectivity index (χ4v) is 2.72. The first-order valence-electron chi connectivity index (χ1n) is 7.05. The summed E-state index contributed by atoms with van der Waals surface area (Å²) in [5.41, 5.74) is -0.233. The van der Waals surface area contributed by atoms with Gasteiger partial charge in [-0.2, -0.15) is 0 Å². The second kappa shape index (κ2) is 5.25. The van der Waals surface area contributed by atoms with E-state index in [-0.39, 0.29) is 5.69 Å². The lowest BCUT2D eigenvalue weighted by Crippen LogP contribution is -2.50. The van der Waals surface area contributed by atoms with Crippen molar-refractivity contribution in [2.75, 3.05) is 6.54 Å². The summed E-state index contributed by atoms with van der Waals surface area (Å²) in [5.74, 6) is -1.39. The Morgan fingerprint density at radius 3 is 2.68 bits per heavy atom. The van der Waals surface area contributed by atoms with Gasteiger partial charge in [0.2, 0.25) is 0 Å². The molecule has 2 heterocycles.